The lowest BCUT2D eigenvalue weighted by Gasteiger charge is -2.12. The number of nitro groups is 1. The Kier molecular flexibility index (Phi) is 6.84. The van der Waals surface area contributed by atoms with Crippen LogP contribution >= 0.6 is 11.6 Å². The number of allylic oxidation sites excluding steroid dienone is 1. The van der Waals surface area contributed by atoms with E-state index in [0.29, 0.717) is 23.4 Å². The second kappa shape index (κ2) is 9.09. The number of halogens is 1. The molecule has 0 aliphatic heterocycles. The fourth-order valence-electron chi connectivity index (χ4n) is 2.55. The van der Waals surface area contributed by atoms with Gasteiger partial charge in [0.05, 0.1) is 22.7 Å². The van der Waals surface area contributed by atoms with Gasteiger partial charge >= 0.3 is 0 Å². The predicted molar refractivity (Wildman–Crippen MR) is 108 cm³/mol. The number of rotatable bonds is 7. The topological polar surface area (TPSA) is 106 Å². The van der Waals surface area contributed by atoms with Gasteiger partial charge in [0.15, 0.2) is 5.69 Å². The van der Waals surface area contributed by atoms with Crippen molar-refractivity contribution in [2.75, 3.05) is 12.4 Å². The van der Waals surface area contributed by atoms with Gasteiger partial charge in [-0.05, 0) is 31.0 Å². The van der Waals surface area contributed by atoms with Crippen LogP contribution < -0.4 is 10.1 Å². The summed E-state index contributed by atoms with van der Waals surface area (Å²) in [5.74, 6) is 0.220. The monoisotopic (exact) mass is 402 g/mol. The fraction of sp³-hybridized carbons (Fsp3) is 0.211. The Bertz CT molecular complexity index is 973. The van der Waals surface area contributed by atoms with E-state index in [0.717, 1.165) is 5.56 Å². The van der Waals surface area contributed by atoms with Gasteiger partial charge in [0.25, 0.3) is 5.69 Å². The summed E-state index contributed by atoms with van der Waals surface area (Å²) in [5, 5.41) is 22.2. The number of amides is 1. The Hall–Kier alpha value is -3.26. The minimum absolute atomic E-state index is 0.0693. The molecule has 0 atom stereocenters. The highest BCUT2D eigenvalue weighted by molar-refractivity contribution is 6.33. The second-order valence-corrected chi connectivity index (χ2v) is 6.33. The van der Waals surface area contributed by atoms with Gasteiger partial charge in [0, 0.05) is 24.6 Å². The third-order valence-corrected chi connectivity index (χ3v) is 4.00. The van der Waals surface area contributed by atoms with Crippen molar-refractivity contribution >= 4 is 40.3 Å². The molecule has 146 valence electrons. The zero-order valence-corrected chi connectivity index (χ0v) is 16.4. The number of nitro benzene ring substituents is 1. The minimum atomic E-state index is -0.574. The first-order chi connectivity index (χ1) is 13.3. The lowest BCUT2D eigenvalue weighted by Crippen LogP contribution is -2.06. The van der Waals surface area contributed by atoms with Crippen LogP contribution in [0.15, 0.2) is 47.1 Å². The van der Waals surface area contributed by atoms with Gasteiger partial charge in [-0.1, -0.05) is 17.7 Å². The zero-order valence-electron chi connectivity index (χ0n) is 15.7. The molecule has 1 N–H and O–H groups in total. The molecule has 2 rings (SSSR count). The molecule has 0 saturated carbocycles. The number of nitrogens with zero attached hydrogens (tertiary/aromatic N) is 3. The van der Waals surface area contributed by atoms with E-state index in [1.165, 1.54) is 20.1 Å². The number of anilines is 1. The number of methoxy groups -OCH3 is 1. The van der Waals surface area contributed by atoms with E-state index in [1.54, 1.807) is 31.2 Å². The summed E-state index contributed by atoms with van der Waals surface area (Å²) in [6.07, 6.45) is 2.22. The third-order valence-electron chi connectivity index (χ3n) is 3.72. The Morgan fingerprint density at radius 2 is 2.07 bits per heavy atom. The highest BCUT2D eigenvalue weighted by Crippen LogP contribution is 2.39. The van der Waals surface area contributed by atoms with Crippen molar-refractivity contribution < 1.29 is 14.5 Å². The molecule has 1 amide bonds. The maximum absolute atomic E-state index is 11.6. The molecule has 28 heavy (non-hydrogen) atoms. The molecule has 0 spiro atoms. The van der Waals surface area contributed by atoms with Gasteiger partial charge < -0.3 is 10.1 Å². The van der Waals surface area contributed by atoms with Gasteiger partial charge in [-0.25, -0.2) is 0 Å². The molecule has 2 aromatic rings. The maximum Gasteiger partial charge on any atom is 0.298 e. The zero-order chi connectivity index (χ0) is 20.8. The van der Waals surface area contributed by atoms with E-state index in [4.69, 9.17) is 16.3 Å². The van der Waals surface area contributed by atoms with Crippen molar-refractivity contribution in [3.05, 3.63) is 63.2 Å². The first-order valence-corrected chi connectivity index (χ1v) is 8.60. The van der Waals surface area contributed by atoms with Gasteiger partial charge in [-0.2, -0.15) is 0 Å². The summed E-state index contributed by atoms with van der Waals surface area (Å²) >= 11 is 6.13. The van der Waals surface area contributed by atoms with Crippen LogP contribution in [0.3, 0.4) is 0 Å². The molecule has 9 heteroatoms. The van der Waals surface area contributed by atoms with Gasteiger partial charge in [-0.15, -0.1) is 16.8 Å². The molecule has 0 heterocycles. The molecule has 0 aromatic heterocycles. The molecular weight excluding hydrogens is 384 g/mol. The number of ether oxygens (including phenoxy) is 1. The van der Waals surface area contributed by atoms with Gasteiger partial charge in [0.1, 0.15) is 11.4 Å². The normalized spacial score (nSPS) is 10.7. The molecule has 0 saturated heterocycles. The highest BCUT2D eigenvalue weighted by Gasteiger charge is 2.19. The van der Waals surface area contributed by atoms with E-state index < -0.39 is 4.92 Å². The maximum atomic E-state index is 11.6. The lowest BCUT2D eigenvalue weighted by atomic mass is 10.1. The first-order valence-electron chi connectivity index (χ1n) is 8.22. The SMILES string of the molecule is C=CCc1cc(NC(C)=O)c(N=Nc2c(Cl)cc(C)cc2[N+](=O)[O-])cc1OC. The van der Waals surface area contributed by atoms with Crippen molar-refractivity contribution in [1.29, 1.82) is 0 Å². The summed E-state index contributed by atoms with van der Waals surface area (Å²) in [6, 6.07) is 6.21. The Balaban J connectivity index is 2.60. The molecule has 8 nitrogen and oxygen atoms in total. The Labute approximate surface area is 167 Å². The standard InChI is InChI=1S/C19H19ClN4O4/c1-5-6-13-9-15(21-12(3)25)16(10-18(13)28-4)22-23-19-14(20)7-11(2)8-17(19)24(26)27/h5,7-10H,1,6H2,2-4H3,(H,21,25). The summed E-state index contributed by atoms with van der Waals surface area (Å²) in [4.78, 5) is 22.3. The van der Waals surface area contributed by atoms with E-state index >= 15 is 0 Å². The van der Waals surface area contributed by atoms with Crippen LogP contribution in [0.4, 0.5) is 22.7 Å². The van der Waals surface area contributed by atoms with Crippen LogP contribution in [0.1, 0.15) is 18.1 Å². The quantitative estimate of drug-likeness (QED) is 0.278. The number of carbonyl (C=O) groups excluding carboxylic acids is 1. The summed E-state index contributed by atoms with van der Waals surface area (Å²) in [6.45, 7) is 6.75. The van der Waals surface area contributed by atoms with Crippen molar-refractivity contribution in [2.45, 2.75) is 20.3 Å². The van der Waals surface area contributed by atoms with Crippen molar-refractivity contribution in [3.63, 3.8) is 0 Å². The van der Waals surface area contributed by atoms with E-state index in [2.05, 4.69) is 22.1 Å². The number of aryl methyl sites for hydroxylation is 1. The number of hydrogen-bond donors (Lipinski definition) is 1. The summed E-state index contributed by atoms with van der Waals surface area (Å²) in [5.41, 5.74) is 1.75. The molecule has 0 aliphatic rings. The summed E-state index contributed by atoms with van der Waals surface area (Å²) < 4.78 is 5.36. The number of azo groups is 1. The van der Waals surface area contributed by atoms with Gasteiger partial charge in [0.2, 0.25) is 5.91 Å². The minimum Gasteiger partial charge on any atom is -0.496 e. The van der Waals surface area contributed by atoms with Crippen LogP contribution in [-0.2, 0) is 11.2 Å². The van der Waals surface area contributed by atoms with Crippen LogP contribution in [0.2, 0.25) is 5.02 Å². The number of nitrogens with one attached hydrogen (secondary N) is 1. The van der Waals surface area contributed by atoms with Crippen LogP contribution in [0, 0.1) is 17.0 Å². The smallest absolute Gasteiger partial charge is 0.298 e. The van der Waals surface area contributed by atoms with Crippen molar-refractivity contribution in [3.8, 4) is 5.75 Å². The fourth-order valence-corrected chi connectivity index (χ4v) is 2.86. The van der Waals surface area contributed by atoms with E-state index in [1.807, 2.05) is 0 Å². The number of benzene rings is 2. The molecule has 0 bridgehead atoms. The highest BCUT2D eigenvalue weighted by atomic mass is 35.5. The Morgan fingerprint density at radius 1 is 1.36 bits per heavy atom. The van der Waals surface area contributed by atoms with Crippen LogP contribution in [0.5, 0.6) is 5.75 Å². The lowest BCUT2D eigenvalue weighted by molar-refractivity contribution is -0.384. The molecule has 2 aromatic carbocycles. The van der Waals surface area contributed by atoms with Crippen LogP contribution in [0.25, 0.3) is 0 Å². The Morgan fingerprint density at radius 3 is 2.64 bits per heavy atom. The van der Waals surface area contributed by atoms with Crippen LogP contribution in [-0.4, -0.2) is 17.9 Å². The second-order valence-electron chi connectivity index (χ2n) is 5.93. The molecular formula is C19H19ClN4O4. The molecule has 0 unspecified atom stereocenters. The first kappa shape index (κ1) is 21.0. The summed E-state index contributed by atoms with van der Waals surface area (Å²) in [7, 11) is 1.50. The third kappa shape index (κ3) is 4.92. The van der Waals surface area contributed by atoms with Crippen molar-refractivity contribution in [2.24, 2.45) is 10.2 Å². The molecule has 0 radical (unpaired) electrons. The number of hydrogen-bond acceptors (Lipinski definition) is 6. The average molecular weight is 403 g/mol. The van der Waals surface area contributed by atoms with E-state index in [9.17, 15) is 14.9 Å². The largest absolute Gasteiger partial charge is 0.496 e. The van der Waals surface area contributed by atoms with Gasteiger partial charge in [-0.3, -0.25) is 14.9 Å². The predicted octanol–water partition coefficient (Wildman–Crippen LogP) is 5.67. The average Bonchev–Trinajstić information content (AvgIpc) is 2.61. The number of carbonyl (C=O) groups is 1. The molecule has 0 fully saturated rings. The van der Waals surface area contributed by atoms with E-state index in [-0.39, 0.29) is 28.0 Å². The van der Waals surface area contributed by atoms with Crippen molar-refractivity contribution in [1.82, 2.24) is 0 Å². The molecule has 0 aliphatic carbocycles.